The van der Waals surface area contributed by atoms with Crippen molar-refractivity contribution < 1.29 is 9.53 Å². The van der Waals surface area contributed by atoms with Gasteiger partial charge in [-0.2, -0.15) is 9.97 Å². The lowest BCUT2D eigenvalue weighted by atomic mass is 10.1. The highest BCUT2D eigenvalue weighted by Crippen LogP contribution is 2.18. The number of aromatic nitrogens is 2. The number of hydrogen-bond acceptors (Lipinski definition) is 6. The van der Waals surface area contributed by atoms with Gasteiger partial charge in [0.25, 0.3) is 0 Å². The molecular weight excluding hydrogens is 258 g/mol. The summed E-state index contributed by atoms with van der Waals surface area (Å²) < 4.78 is 5.50. The Morgan fingerprint density at radius 1 is 1.45 bits per heavy atom. The van der Waals surface area contributed by atoms with Gasteiger partial charge in [0.15, 0.2) is 0 Å². The highest BCUT2D eigenvalue weighted by Gasteiger charge is 2.21. The Hall–Kier alpha value is -2.05. The van der Waals surface area contributed by atoms with Crippen LogP contribution in [0.2, 0.25) is 0 Å². The zero-order chi connectivity index (χ0) is 14.5. The van der Waals surface area contributed by atoms with Crippen LogP contribution in [0, 0.1) is 0 Å². The van der Waals surface area contributed by atoms with Gasteiger partial charge in [-0.05, 0) is 33.1 Å². The van der Waals surface area contributed by atoms with Crippen LogP contribution in [0.15, 0.2) is 6.07 Å². The standard InChI is InChI=1S/C13H21N5O2/c1-8(2)20-11-7-10(17-13(14)18-11)16-9-5-3-4-6-15-12(9)19/h7-9H,3-6H2,1-2H3,(H,15,19)(H3,14,16,17,18)/t9-/m0/s1. The van der Waals surface area contributed by atoms with Crippen molar-refractivity contribution in [3.05, 3.63) is 6.07 Å². The molecule has 1 saturated heterocycles. The number of hydrogen-bond donors (Lipinski definition) is 3. The van der Waals surface area contributed by atoms with Crippen LogP contribution in [0.4, 0.5) is 11.8 Å². The number of carbonyl (C=O) groups excluding carboxylic acids is 1. The number of amides is 1. The van der Waals surface area contributed by atoms with Crippen LogP contribution >= 0.6 is 0 Å². The van der Waals surface area contributed by atoms with E-state index >= 15 is 0 Å². The quantitative estimate of drug-likeness (QED) is 0.757. The third-order valence-corrected chi connectivity index (χ3v) is 2.93. The Balaban J connectivity index is 2.11. The molecule has 0 aliphatic carbocycles. The molecule has 4 N–H and O–H groups in total. The summed E-state index contributed by atoms with van der Waals surface area (Å²) in [6.07, 6.45) is 2.76. The van der Waals surface area contributed by atoms with Crippen molar-refractivity contribution in [3.8, 4) is 5.88 Å². The fourth-order valence-corrected chi connectivity index (χ4v) is 2.07. The summed E-state index contributed by atoms with van der Waals surface area (Å²) in [5.74, 6) is 1.03. The Morgan fingerprint density at radius 3 is 3.00 bits per heavy atom. The molecule has 2 heterocycles. The Labute approximate surface area is 118 Å². The van der Waals surface area contributed by atoms with E-state index in [1.807, 2.05) is 13.8 Å². The molecule has 0 saturated carbocycles. The number of carbonyl (C=O) groups is 1. The largest absolute Gasteiger partial charge is 0.475 e. The molecule has 1 aliphatic heterocycles. The fourth-order valence-electron chi connectivity index (χ4n) is 2.07. The van der Waals surface area contributed by atoms with Gasteiger partial charge in [0.1, 0.15) is 11.9 Å². The van der Waals surface area contributed by atoms with E-state index in [9.17, 15) is 4.79 Å². The minimum Gasteiger partial charge on any atom is -0.475 e. The Morgan fingerprint density at radius 2 is 2.25 bits per heavy atom. The predicted molar refractivity (Wildman–Crippen MR) is 76.5 cm³/mol. The molecule has 0 aromatic carbocycles. The molecule has 20 heavy (non-hydrogen) atoms. The lowest BCUT2D eigenvalue weighted by Gasteiger charge is -2.17. The topological polar surface area (TPSA) is 102 Å². The van der Waals surface area contributed by atoms with Gasteiger partial charge in [-0.15, -0.1) is 0 Å². The zero-order valence-corrected chi connectivity index (χ0v) is 11.8. The molecular formula is C13H21N5O2. The minimum atomic E-state index is -0.293. The molecule has 2 rings (SSSR count). The summed E-state index contributed by atoms with van der Waals surface area (Å²) in [6, 6.07) is 1.37. The average molecular weight is 279 g/mol. The van der Waals surface area contributed by atoms with E-state index in [-0.39, 0.29) is 24.0 Å². The van der Waals surface area contributed by atoms with Crippen LogP contribution < -0.4 is 21.1 Å². The summed E-state index contributed by atoms with van der Waals surface area (Å²) in [5.41, 5.74) is 5.66. The monoisotopic (exact) mass is 279 g/mol. The maximum atomic E-state index is 11.9. The maximum absolute atomic E-state index is 11.9. The van der Waals surface area contributed by atoms with Crippen molar-refractivity contribution in [2.24, 2.45) is 0 Å². The normalized spacial score (nSPS) is 19.4. The molecule has 0 spiro atoms. The first-order valence-corrected chi connectivity index (χ1v) is 6.90. The van der Waals surface area contributed by atoms with Gasteiger partial charge in [0.05, 0.1) is 6.10 Å². The number of nitrogens with zero attached hydrogens (tertiary/aromatic N) is 2. The Bertz CT molecular complexity index is 478. The molecule has 110 valence electrons. The summed E-state index contributed by atoms with van der Waals surface area (Å²) in [4.78, 5) is 20.0. The lowest BCUT2D eigenvalue weighted by Crippen LogP contribution is -2.38. The highest BCUT2D eigenvalue weighted by atomic mass is 16.5. The van der Waals surface area contributed by atoms with E-state index in [2.05, 4.69) is 20.6 Å². The SMILES string of the molecule is CC(C)Oc1cc(N[C@H]2CCCCNC2=O)nc(N)n1. The molecule has 1 aromatic rings. The van der Waals surface area contributed by atoms with Crippen LogP contribution in [0.1, 0.15) is 33.1 Å². The van der Waals surface area contributed by atoms with Gasteiger partial charge < -0.3 is 21.1 Å². The second-order valence-electron chi connectivity index (χ2n) is 5.10. The predicted octanol–water partition coefficient (Wildman–Crippen LogP) is 0.927. The molecule has 1 aromatic heterocycles. The number of nitrogen functional groups attached to an aromatic ring is 1. The molecule has 1 amide bonds. The first-order valence-electron chi connectivity index (χ1n) is 6.90. The van der Waals surface area contributed by atoms with E-state index in [4.69, 9.17) is 10.5 Å². The molecule has 1 atom stereocenters. The van der Waals surface area contributed by atoms with Crippen LogP contribution in [0.3, 0.4) is 0 Å². The number of nitrogens with one attached hydrogen (secondary N) is 2. The molecule has 1 aliphatic rings. The van der Waals surface area contributed by atoms with Gasteiger partial charge in [-0.3, -0.25) is 4.79 Å². The van der Waals surface area contributed by atoms with Crippen molar-refractivity contribution in [2.75, 3.05) is 17.6 Å². The van der Waals surface area contributed by atoms with Gasteiger partial charge in [0.2, 0.25) is 17.7 Å². The van der Waals surface area contributed by atoms with Crippen LogP contribution in [-0.2, 0) is 4.79 Å². The van der Waals surface area contributed by atoms with Gasteiger partial charge >= 0.3 is 0 Å². The van der Waals surface area contributed by atoms with E-state index in [1.165, 1.54) is 0 Å². The lowest BCUT2D eigenvalue weighted by molar-refractivity contribution is -0.121. The fraction of sp³-hybridized carbons (Fsp3) is 0.615. The first kappa shape index (κ1) is 14.4. The summed E-state index contributed by atoms with van der Waals surface area (Å²) in [5, 5.41) is 5.97. The van der Waals surface area contributed by atoms with E-state index in [0.717, 1.165) is 25.8 Å². The number of nitrogens with two attached hydrogens (primary N) is 1. The minimum absolute atomic E-state index is 0.00155. The van der Waals surface area contributed by atoms with Crippen LogP contribution in [-0.4, -0.2) is 34.6 Å². The maximum Gasteiger partial charge on any atom is 0.242 e. The van der Waals surface area contributed by atoms with Crippen LogP contribution in [0.5, 0.6) is 5.88 Å². The third-order valence-electron chi connectivity index (χ3n) is 2.93. The summed E-state index contributed by atoms with van der Waals surface area (Å²) in [6.45, 7) is 4.54. The average Bonchev–Trinajstić information content (AvgIpc) is 2.53. The van der Waals surface area contributed by atoms with Crippen molar-refractivity contribution in [2.45, 2.75) is 45.3 Å². The van der Waals surface area contributed by atoms with Gasteiger partial charge in [-0.25, -0.2) is 0 Å². The number of anilines is 2. The first-order chi connectivity index (χ1) is 9.54. The summed E-state index contributed by atoms with van der Waals surface area (Å²) >= 11 is 0. The highest BCUT2D eigenvalue weighted by molar-refractivity contribution is 5.84. The molecule has 7 heteroatoms. The number of rotatable bonds is 4. The molecule has 0 bridgehead atoms. The third kappa shape index (κ3) is 3.97. The van der Waals surface area contributed by atoms with E-state index in [1.54, 1.807) is 6.07 Å². The van der Waals surface area contributed by atoms with Gasteiger partial charge in [0, 0.05) is 12.6 Å². The second-order valence-corrected chi connectivity index (χ2v) is 5.10. The van der Waals surface area contributed by atoms with Crippen molar-refractivity contribution in [3.63, 3.8) is 0 Å². The molecule has 0 unspecified atom stereocenters. The van der Waals surface area contributed by atoms with E-state index < -0.39 is 0 Å². The number of ether oxygens (including phenoxy) is 1. The van der Waals surface area contributed by atoms with Crippen molar-refractivity contribution in [1.29, 1.82) is 0 Å². The van der Waals surface area contributed by atoms with Gasteiger partial charge in [-0.1, -0.05) is 0 Å². The zero-order valence-electron chi connectivity index (χ0n) is 11.8. The van der Waals surface area contributed by atoms with E-state index in [0.29, 0.717) is 11.7 Å². The Kier molecular flexibility index (Phi) is 4.60. The van der Waals surface area contributed by atoms with Crippen molar-refractivity contribution in [1.82, 2.24) is 15.3 Å². The smallest absolute Gasteiger partial charge is 0.242 e. The second kappa shape index (κ2) is 6.40. The molecule has 7 nitrogen and oxygen atoms in total. The van der Waals surface area contributed by atoms with Crippen LogP contribution in [0.25, 0.3) is 0 Å². The summed E-state index contributed by atoms with van der Waals surface area (Å²) in [7, 11) is 0. The van der Waals surface area contributed by atoms with Crippen molar-refractivity contribution >= 4 is 17.7 Å². The molecule has 1 fully saturated rings. The molecule has 0 radical (unpaired) electrons.